The summed E-state index contributed by atoms with van der Waals surface area (Å²) in [6.07, 6.45) is 3.77. The van der Waals surface area contributed by atoms with Crippen molar-refractivity contribution in [2.24, 2.45) is 17.8 Å². The summed E-state index contributed by atoms with van der Waals surface area (Å²) in [5.41, 5.74) is 0. The molecule has 20 heavy (non-hydrogen) atoms. The van der Waals surface area contributed by atoms with E-state index in [0.717, 1.165) is 11.6 Å². The molecule has 0 aromatic heterocycles. The van der Waals surface area contributed by atoms with Gasteiger partial charge in [0.25, 0.3) is 0 Å². The molecular weight excluding hydrogens is 307 g/mol. The lowest BCUT2D eigenvalue weighted by molar-refractivity contribution is 0.0468. The van der Waals surface area contributed by atoms with Crippen LogP contribution >= 0.6 is 22.2 Å². The molecule has 2 rings (SSSR count). The number of halogens is 2. The summed E-state index contributed by atoms with van der Waals surface area (Å²) in [6.45, 7) is 3.99. The highest BCUT2D eigenvalue weighted by Crippen LogP contribution is 2.37. The fourth-order valence-electron chi connectivity index (χ4n) is 3.14. The van der Waals surface area contributed by atoms with Crippen LogP contribution in [-0.4, -0.2) is 13.0 Å². The molecule has 1 nitrogen and oxygen atoms in total. The maximum Gasteiger partial charge on any atom is 0.423 e. The van der Waals surface area contributed by atoms with E-state index in [4.69, 9.17) is 26.6 Å². The first kappa shape index (κ1) is 16.3. The summed E-state index contributed by atoms with van der Waals surface area (Å²) in [4.78, 5) is 0. The summed E-state index contributed by atoms with van der Waals surface area (Å²) in [7, 11) is 0. The topological polar surface area (TPSA) is 9.23 Å². The molecule has 0 radical (unpaired) electrons. The smallest absolute Gasteiger partial charge is 0.386 e. The van der Waals surface area contributed by atoms with Gasteiger partial charge < -0.3 is 4.43 Å². The van der Waals surface area contributed by atoms with Crippen LogP contribution in [0.3, 0.4) is 0 Å². The minimum absolute atomic E-state index is 0.195. The normalized spacial score (nSPS) is 27.8. The molecule has 112 valence electrons. The second-order valence-corrected chi connectivity index (χ2v) is 12.0. The predicted molar refractivity (Wildman–Crippen MR) is 89.8 cm³/mol. The van der Waals surface area contributed by atoms with Crippen LogP contribution in [0.2, 0.25) is 0 Å². The molecule has 1 aromatic rings. The maximum atomic E-state index is 6.59. The van der Waals surface area contributed by atoms with Gasteiger partial charge in [0.2, 0.25) is 0 Å². The molecule has 0 aliphatic heterocycles. The standard InChI is InChI=1S/C16H24Cl2OSi/c1-12(2)15-10-9-13(3)11-16(15)19-20(17,18)14-7-5-4-6-8-14/h4-8,12-13,15-16H,9-11H2,1-3H3/t13-,15+,16-/m1/s1. The zero-order chi connectivity index (χ0) is 14.8. The van der Waals surface area contributed by atoms with E-state index in [-0.39, 0.29) is 6.10 Å². The third kappa shape index (κ3) is 4.00. The second-order valence-electron chi connectivity index (χ2n) is 6.37. The van der Waals surface area contributed by atoms with Crippen LogP contribution in [0.15, 0.2) is 30.3 Å². The van der Waals surface area contributed by atoms with E-state index in [1.54, 1.807) is 0 Å². The largest absolute Gasteiger partial charge is 0.423 e. The van der Waals surface area contributed by atoms with Gasteiger partial charge in [-0.3, -0.25) is 0 Å². The highest BCUT2D eigenvalue weighted by atomic mass is 35.7. The number of rotatable bonds is 4. The second kappa shape index (κ2) is 6.82. The molecule has 1 fully saturated rings. The van der Waals surface area contributed by atoms with Gasteiger partial charge in [-0.25, -0.2) is 0 Å². The quantitative estimate of drug-likeness (QED) is 0.569. The molecule has 1 aromatic carbocycles. The van der Waals surface area contributed by atoms with Crippen molar-refractivity contribution in [3.8, 4) is 0 Å². The van der Waals surface area contributed by atoms with Crippen molar-refractivity contribution < 1.29 is 4.43 Å². The Balaban J connectivity index is 2.13. The molecule has 0 unspecified atom stereocenters. The van der Waals surface area contributed by atoms with E-state index in [1.165, 1.54) is 12.8 Å². The summed E-state index contributed by atoms with van der Waals surface area (Å²) >= 11 is 13.2. The van der Waals surface area contributed by atoms with Crippen LogP contribution < -0.4 is 5.19 Å². The van der Waals surface area contributed by atoms with Crippen LogP contribution in [0.25, 0.3) is 0 Å². The Hall–Kier alpha value is -0.0231. The lowest BCUT2D eigenvalue weighted by Gasteiger charge is -2.39. The fraction of sp³-hybridized carbons (Fsp3) is 0.625. The maximum absolute atomic E-state index is 6.59. The van der Waals surface area contributed by atoms with Gasteiger partial charge in [0.05, 0.1) is 6.10 Å². The van der Waals surface area contributed by atoms with Crippen LogP contribution in [0, 0.1) is 17.8 Å². The third-order valence-electron chi connectivity index (χ3n) is 4.37. The first-order valence-electron chi connectivity index (χ1n) is 7.51. The van der Waals surface area contributed by atoms with Crippen LogP contribution in [-0.2, 0) is 4.43 Å². The fourth-order valence-corrected chi connectivity index (χ4v) is 5.95. The molecule has 0 spiro atoms. The van der Waals surface area contributed by atoms with Gasteiger partial charge in [-0.1, -0.05) is 57.5 Å². The molecule has 0 N–H and O–H groups in total. The molecule has 1 saturated carbocycles. The molecule has 0 saturated heterocycles. The molecule has 1 aliphatic carbocycles. The Morgan fingerprint density at radius 1 is 1.15 bits per heavy atom. The van der Waals surface area contributed by atoms with E-state index in [0.29, 0.717) is 17.8 Å². The molecule has 1 aliphatic rings. The van der Waals surface area contributed by atoms with Crippen molar-refractivity contribution in [2.75, 3.05) is 0 Å². The van der Waals surface area contributed by atoms with Crippen LogP contribution in [0.1, 0.15) is 40.0 Å². The third-order valence-corrected chi connectivity index (χ3v) is 7.82. The van der Waals surface area contributed by atoms with Gasteiger partial charge in [-0.05, 0) is 35.8 Å². The van der Waals surface area contributed by atoms with E-state index in [2.05, 4.69) is 20.8 Å². The summed E-state index contributed by atoms with van der Waals surface area (Å²) in [6, 6.07) is 9.86. The van der Waals surface area contributed by atoms with Crippen LogP contribution in [0.5, 0.6) is 0 Å². The van der Waals surface area contributed by atoms with Gasteiger partial charge in [0, 0.05) is 0 Å². The zero-order valence-corrected chi connectivity index (χ0v) is 15.0. The van der Waals surface area contributed by atoms with Crippen molar-refractivity contribution in [1.29, 1.82) is 0 Å². The molecule has 0 heterocycles. The van der Waals surface area contributed by atoms with E-state index in [9.17, 15) is 0 Å². The van der Waals surface area contributed by atoms with Crippen molar-refractivity contribution in [3.05, 3.63) is 30.3 Å². The first-order chi connectivity index (χ1) is 9.40. The molecule has 4 heteroatoms. The van der Waals surface area contributed by atoms with Gasteiger partial charge in [-0.15, -0.1) is 22.2 Å². The minimum atomic E-state index is -2.84. The van der Waals surface area contributed by atoms with Crippen molar-refractivity contribution in [3.63, 3.8) is 0 Å². The summed E-state index contributed by atoms with van der Waals surface area (Å²) < 4.78 is 6.28. The lowest BCUT2D eigenvalue weighted by atomic mass is 9.75. The highest BCUT2D eigenvalue weighted by Gasteiger charge is 2.41. The minimum Gasteiger partial charge on any atom is -0.386 e. The molecule has 0 amide bonds. The van der Waals surface area contributed by atoms with Gasteiger partial charge in [0.15, 0.2) is 0 Å². The molecule has 3 atom stereocenters. The van der Waals surface area contributed by atoms with E-state index >= 15 is 0 Å². The Labute approximate surface area is 133 Å². The zero-order valence-electron chi connectivity index (χ0n) is 12.5. The number of hydrogen-bond acceptors (Lipinski definition) is 1. The summed E-state index contributed by atoms with van der Waals surface area (Å²) in [5, 5.41) is 0.948. The Morgan fingerprint density at radius 2 is 1.80 bits per heavy atom. The lowest BCUT2D eigenvalue weighted by Crippen LogP contribution is -2.47. The number of hydrogen-bond donors (Lipinski definition) is 0. The van der Waals surface area contributed by atoms with Crippen molar-refractivity contribution in [1.82, 2.24) is 0 Å². The van der Waals surface area contributed by atoms with Gasteiger partial charge in [-0.2, -0.15) is 0 Å². The number of benzene rings is 1. The monoisotopic (exact) mass is 330 g/mol. The first-order valence-corrected chi connectivity index (χ1v) is 11.4. The van der Waals surface area contributed by atoms with Crippen LogP contribution in [0.4, 0.5) is 0 Å². The SMILES string of the molecule is CC(C)[C@@H]1CC[C@@H](C)C[C@H]1O[Si](Cl)(Cl)c1ccccc1. The van der Waals surface area contributed by atoms with Crippen molar-refractivity contribution in [2.45, 2.75) is 46.1 Å². The molecular formula is C16H24Cl2OSi. The predicted octanol–water partition coefficient (Wildman–Crippen LogP) is 4.79. The molecule has 0 bridgehead atoms. The van der Waals surface area contributed by atoms with Crippen molar-refractivity contribution >= 4 is 34.3 Å². The van der Waals surface area contributed by atoms with E-state index < -0.39 is 6.94 Å². The Morgan fingerprint density at radius 3 is 2.40 bits per heavy atom. The average Bonchev–Trinajstić information content (AvgIpc) is 2.39. The Bertz CT molecular complexity index is 422. The summed E-state index contributed by atoms with van der Waals surface area (Å²) in [5.74, 6) is 1.88. The Kier molecular flexibility index (Phi) is 5.58. The van der Waals surface area contributed by atoms with Gasteiger partial charge in [0.1, 0.15) is 0 Å². The average molecular weight is 331 g/mol. The van der Waals surface area contributed by atoms with Gasteiger partial charge >= 0.3 is 6.94 Å². The van der Waals surface area contributed by atoms with E-state index in [1.807, 2.05) is 30.3 Å². The highest BCUT2D eigenvalue weighted by molar-refractivity contribution is 7.48.